The van der Waals surface area contributed by atoms with E-state index in [0.717, 1.165) is 25.9 Å². The van der Waals surface area contributed by atoms with Crippen molar-refractivity contribution in [3.8, 4) is 0 Å². The molecule has 0 bridgehead atoms. The first-order valence-electron chi connectivity index (χ1n) is 7.04. The van der Waals surface area contributed by atoms with E-state index in [9.17, 15) is 14.9 Å². The molecular weight excluding hydrogens is 294 g/mol. The molecule has 1 aromatic rings. The van der Waals surface area contributed by atoms with E-state index in [1.807, 2.05) is 0 Å². The number of carbonyl (C=O) groups excluding carboxylic acids is 1. The van der Waals surface area contributed by atoms with Crippen molar-refractivity contribution >= 4 is 23.2 Å². The number of nitrogens with zero attached hydrogens (tertiary/aromatic N) is 3. The van der Waals surface area contributed by atoms with Crippen molar-refractivity contribution in [1.29, 1.82) is 0 Å². The third-order valence-corrected chi connectivity index (χ3v) is 4.58. The second-order valence-electron chi connectivity index (χ2n) is 5.48. The second kappa shape index (κ2) is 5.61. The van der Waals surface area contributed by atoms with Crippen LogP contribution in [-0.2, 0) is 0 Å². The number of rotatable bonds is 2. The molecule has 3 rings (SSSR count). The maximum Gasteiger partial charge on any atom is 0.300 e. The highest BCUT2D eigenvalue weighted by Gasteiger charge is 2.35. The van der Waals surface area contributed by atoms with Gasteiger partial charge in [0.1, 0.15) is 10.6 Å². The number of piperazine rings is 1. The van der Waals surface area contributed by atoms with Crippen molar-refractivity contribution < 1.29 is 9.72 Å². The largest absolute Gasteiger partial charge is 0.336 e. The monoisotopic (exact) mass is 309 g/mol. The van der Waals surface area contributed by atoms with Crippen LogP contribution >= 0.6 is 11.6 Å². The number of nitro benzene ring substituents is 1. The molecule has 6 nitrogen and oxygen atoms in total. The van der Waals surface area contributed by atoms with E-state index >= 15 is 0 Å². The Bertz CT molecular complexity index is 593. The average molecular weight is 310 g/mol. The molecule has 1 amide bonds. The Hall–Kier alpha value is -1.66. The van der Waals surface area contributed by atoms with Crippen molar-refractivity contribution in [2.75, 3.05) is 26.2 Å². The van der Waals surface area contributed by atoms with Crippen LogP contribution < -0.4 is 0 Å². The number of carbonyl (C=O) groups is 1. The summed E-state index contributed by atoms with van der Waals surface area (Å²) in [6.45, 7) is 3.18. The first-order chi connectivity index (χ1) is 10.1. The minimum atomic E-state index is -0.582. The standard InChI is InChI=1S/C14H16ClN3O3/c15-12-5-1-4-11(13(12)18(20)21)14(19)17-8-7-16-6-2-3-10(16)9-17/h1,4-5,10H,2-3,6-9H2. The van der Waals surface area contributed by atoms with Gasteiger partial charge < -0.3 is 4.90 Å². The highest BCUT2D eigenvalue weighted by Crippen LogP contribution is 2.30. The summed E-state index contributed by atoms with van der Waals surface area (Å²) in [5.74, 6) is -0.296. The number of fused-ring (bicyclic) bond motifs is 1. The van der Waals surface area contributed by atoms with E-state index in [4.69, 9.17) is 11.6 Å². The zero-order chi connectivity index (χ0) is 15.0. The number of nitro groups is 1. The molecule has 0 aliphatic carbocycles. The SMILES string of the molecule is O=C(c1cccc(Cl)c1[N+](=O)[O-])N1CCN2CCCC2C1. The Morgan fingerprint density at radius 1 is 1.33 bits per heavy atom. The van der Waals surface area contributed by atoms with E-state index in [-0.39, 0.29) is 22.2 Å². The van der Waals surface area contributed by atoms with Gasteiger partial charge in [-0.25, -0.2) is 0 Å². The van der Waals surface area contributed by atoms with E-state index in [1.54, 1.807) is 11.0 Å². The van der Waals surface area contributed by atoms with Crippen LogP contribution in [0.15, 0.2) is 18.2 Å². The predicted molar refractivity (Wildman–Crippen MR) is 78.6 cm³/mol. The summed E-state index contributed by atoms with van der Waals surface area (Å²) in [5, 5.41) is 11.2. The molecule has 0 N–H and O–H groups in total. The molecule has 0 aromatic heterocycles. The van der Waals surface area contributed by atoms with Gasteiger partial charge in [0.2, 0.25) is 0 Å². The molecule has 0 spiro atoms. The molecule has 1 atom stereocenters. The summed E-state index contributed by atoms with van der Waals surface area (Å²) < 4.78 is 0. The lowest BCUT2D eigenvalue weighted by molar-refractivity contribution is -0.385. The van der Waals surface area contributed by atoms with Gasteiger partial charge in [-0.05, 0) is 31.5 Å². The van der Waals surface area contributed by atoms with E-state index in [1.165, 1.54) is 12.1 Å². The maximum absolute atomic E-state index is 12.6. The third-order valence-electron chi connectivity index (χ3n) is 4.27. The van der Waals surface area contributed by atoms with Gasteiger partial charge in [-0.1, -0.05) is 17.7 Å². The first kappa shape index (κ1) is 14.3. The molecule has 112 valence electrons. The number of hydrogen-bond donors (Lipinski definition) is 0. The van der Waals surface area contributed by atoms with Crippen molar-refractivity contribution in [1.82, 2.24) is 9.80 Å². The van der Waals surface area contributed by atoms with Crippen LogP contribution in [0.25, 0.3) is 0 Å². The summed E-state index contributed by atoms with van der Waals surface area (Å²) >= 11 is 5.88. The summed E-state index contributed by atoms with van der Waals surface area (Å²) in [7, 11) is 0. The Morgan fingerprint density at radius 2 is 2.14 bits per heavy atom. The number of hydrogen-bond acceptors (Lipinski definition) is 4. The molecule has 1 aromatic carbocycles. The zero-order valence-electron chi connectivity index (χ0n) is 11.5. The van der Waals surface area contributed by atoms with Crippen LogP contribution in [0.3, 0.4) is 0 Å². The van der Waals surface area contributed by atoms with Gasteiger partial charge in [0, 0.05) is 25.7 Å². The van der Waals surface area contributed by atoms with Crippen molar-refractivity contribution in [3.05, 3.63) is 38.9 Å². The van der Waals surface area contributed by atoms with Crippen LogP contribution in [0.2, 0.25) is 5.02 Å². The quantitative estimate of drug-likeness (QED) is 0.620. The van der Waals surface area contributed by atoms with E-state index < -0.39 is 4.92 Å². The lowest BCUT2D eigenvalue weighted by Crippen LogP contribution is -2.52. The summed E-state index contributed by atoms with van der Waals surface area (Å²) in [6, 6.07) is 4.88. The van der Waals surface area contributed by atoms with Crippen molar-refractivity contribution in [3.63, 3.8) is 0 Å². The van der Waals surface area contributed by atoms with Crippen molar-refractivity contribution in [2.45, 2.75) is 18.9 Å². The maximum atomic E-state index is 12.6. The molecule has 0 radical (unpaired) electrons. The Labute approximate surface area is 127 Å². The third kappa shape index (κ3) is 2.61. The molecule has 2 heterocycles. The van der Waals surface area contributed by atoms with E-state index in [0.29, 0.717) is 19.1 Å². The highest BCUT2D eigenvalue weighted by molar-refractivity contribution is 6.33. The smallest absolute Gasteiger partial charge is 0.300 e. The van der Waals surface area contributed by atoms with Crippen molar-refractivity contribution in [2.24, 2.45) is 0 Å². The van der Waals surface area contributed by atoms with Crippen LogP contribution in [0.4, 0.5) is 5.69 Å². The molecule has 0 saturated carbocycles. The zero-order valence-corrected chi connectivity index (χ0v) is 12.3. The van der Waals surface area contributed by atoms with Gasteiger partial charge in [0.25, 0.3) is 5.91 Å². The van der Waals surface area contributed by atoms with Gasteiger partial charge >= 0.3 is 5.69 Å². The topological polar surface area (TPSA) is 66.7 Å². The Morgan fingerprint density at radius 3 is 2.90 bits per heavy atom. The fourth-order valence-corrected chi connectivity index (χ4v) is 3.46. The van der Waals surface area contributed by atoms with Crippen LogP contribution in [0.5, 0.6) is 0 Å². The van der Waals surface area contributed by atoms with Crippen LogP contribution in [-0.4, -0.2) is 52.9 Å². The molecule has 21 heavy (non-hydrogen) atoms. The number of halogens is 1. The van der Waals surface area contributed by atoms with E-state index in [2.05, 4.69) is 4.90 Å². The van der Waals surface area contributed by atoms with Gasteiger partial charge in [-0.2, -0.15) is 0 Å². The summed E-state index contributed by atoms with van der Waals surface area (Å²) in [4.78, 5) is 27.3. The number of amides is 1. The predicted octanol–water partition coefficient (Wildman–Crippen LogP) is 2.17. The number of benzene rings is 1. The lowest BCUT2D eigenvalue weighted by Gasteiger charge is -2.37. The van der Waals surface area contributed by atoms with Gasteiger partial charge in [-0.15, -0.1) is 0 Å². The molecule has 7 heteroatoms. The van der Waals surface area contributed by atoms with Gasteiger partial charge in [0.05, 0.1) is 4.92 Å². The molecule has 2 fully saturated rings. The fraction of sp³-hybridized carbons (Fsp3) is 0.500. The Balaban J connectivity index is 1.86. The second-order valence-corrected chi connectivity index (χ2v) is 5.88. The number of para-hydroxylation sites is 1. The molecular formula is C14H16ClN3O3. The highest BCUT2D eigenvalue weighted by atomic mass is 35.5. The average Bonchev–Trinajstić information content (AvgIpc) is 2.93. The van der Waals surface area contributed by atoms with Crippen LogP contribution in [0, 0.1) is 10.1 Å². The molecule has 2 aliphatic rings. The molecule has 1 unspecified atom stereocenters. The summed E-state index contributed by atoms with van der Waals surface area (Å²) in [5.41, 5.74) is -0.211. The minimum Gasteiger partial charge on any atom is -0.336 e. The van der Waals surface area contributed by atoms with Gasteiger partial charge in [-0.3, -0.25) is 19.8 Å². The lowest BCUT2D eigenvalue weighted by atomic mass is 10.1. The first-order valence-corrected chi connectivity index (χ1v) is 7.42. The fourth-order valence-electron chi connectivity index (χ4n) is 3.22. The van der Waals surface area contributed by atoms with Crippen LogP contribution in [0.1, 0.15) is 23.2 Å². The summed E-state index contributed by atoms with van der Waals surface area (Å²) in [6.07, 6.45) is 2.24. The Kier molecular flexibility index (Phi) is 3.82. The van der Waals surface area contributed by atoms with Gasteiger partial charge in [0.15, 0.2) is 0 Å². The normalized spacial score (nSPS) is 22.1. The molecule has 2 aliphatic heterocycles. The molecule has 2 saturated heterocycles. The minimum absolute atomic E-state index is 0.00496.